The van der Waals surface area contributed by atoms with E-state index in [9.17, 15) is 4.79 Å². The Morgan fingerprint density at radius 2 is 2.33 bits per heavy atom. The maximum Gasteiger partial charge on any atom is 0.437 e. The van der Waals surface area contributed by atoms with Crippen LogP contribution in [-0.4, -0.2) is 9.78 Å². The second kappa shape index (κ2) is 6.02. The third kappa shape index (κ3) is 3.58. The van der Waals surface area contributed by atoms with Crippen molar-refractivity contribution in [3.8, 4) is 6.07 Å². The van der Waals surface area contributed by atoms with Crippen molar-refractivity contribution >= 4 is 0 Å². The highest BCUT2D eigenvalue weighted by Crippen LogP contribution is 1.99. The van der Waals surface area contributed by atoms with Gasteiger partial charge in [0.1, 0.15) is 0 Å². The fourth-order valence-corrected chi connectivity index (χ4v) is 1.27. The van der Waals surface area contributed by atoms with E-state index < -0.39 is 5.76 Å². The number of nitriles is 1. The molecule has 0 fully saturated rings. The van der Waals surface area contributed by atoms with E-state index in [-0.39, 0.29) is 0 Å². The Kier molecular flexibility index (Phi) is 4.61. The van der Waals surface area contributed by atoms with Gasteiger partial charge in [-0.1, -0.05) is 6.92 Å². The monoisotopic (exact) mass is 209 g/mol. The molecule has 0 N–H and O–H groups in total. The molecule has 5 heteroatoms. The Hall–Kier alpha value is -1.57. The van der Waals surface area contributed by atoms with Crippen molar-refractivity contribution in [1.29, 1.82) is 5.26 Å². The molecule has 5 nitrogen and oxygen atoms in total. The molecule has 0 saturated heterocycles. The Morgan fingerprint density at radius 1 is 1.53 bits per heavy atom. The number of hydrogen-bond acceptors (Lipinski definition) is 4. The second-order valence-corrected chi connectivity index (χ2v) is 3.35. The number of rotatable bonds is 6. The summed E-state index contributed by atoms with van der Waals surface area (Å²) < 4.78 is 6.28. The average Bonchev–Trinajstić information content (AvgIpc) is 2.55. The van der Waals surface area contributed by atoms with Crippen LogP contribution >= 0.6 is 0 Å². The number of unbranched alkanes of at least 4 members (excludes halogenated alkanes) is 2. The normalized spacial score (nSPS) is 10.1. The molecule has 0 unspecified atom stereocenters. The number of aryl methyl sites for hydroxylation is 2. The molecule has 1 aromatic heterocycles. The lowest BCUT2D eigenvalue weighted by Gasteiger charge is -1.95. The van der Waals surface area contributed by atoms with E-state index in [1.807, 2.05) is 6.92 Å². The molecule has 0 aromatic carbocycles. The lowest BCUT2D eigenvalue weighted by molar-refractivity contribution is 0.439. The Labute approximate surface area is 88.3 Å². The van der Waals surface area contributed by atoms with Gasteiger partial charge in [0.25, 0.3) is 0 Å². The maximum absolute atomic E-state index is 11.2. The first-order valence-electron chi connectivity index (χ1n) is 5.21. The highest BCUT2D eigenvalue weighted by molar-refractivity contribution is 4.74. The SMILES string of the molecule is CCCc1nn(CCCCC#N)c(=O)o1. The molecule has 1 aromatic rings. The number of hydrogen-bond donors (Lipinski definition) is 0. The Morgan fingerprint density at radius 3 is 3.00 bits per heavy atom. The summed E-state index contributed by atoms with van der Waals surface area (Å²) in [5.41, 5.74) is 0. The molecule has 0 aliphatic rings. The van der Waals surface area contributed by atoms with E-state index in [0.29, 0.717) is 25.3 Å². The van der Waals surface area contributed by atoms with Gasteiger partial charge in [0, 0.05) is 19.4 Å². The van der Waals surface area contributed by atoms with Crippen LogP contribution in [0.1, 0.15) is 38.5 Å². The molecule has 0 saturated carbocycles. The average molecular weight is 209 g/mol. The molecular formula is C10H15N3O2. The molecule has 15 heavy (non-hydrogen) atoms. The zero-order chi connectivity index (χ0) is 11.1. The van der Waals surface area contributed by atoms with Crippen molar-refractivity contribution in [2.24, 2.45) is 0 Å². The summed E-state index contributed by atoms with van der Waals surface area (Å²) in [7, 11) is 0. The van der Waals surface area contributed by atoms with E-state index in [2.05, 4.69) is 11.2 Å². The van der Waals surface area contributed by atoms with Crippen LogP contribution < -0.4 is 5.76 Å². The van der Waals surface area contributed by atoms with E-state index in [0.717, 1.165) is 19.3 Å². The molecule has 0 aliphatic carbocycles. The van der Waals surface area contributed by atoms with Gasteiger partial charge in [-0.25, -0.2) is 4.79 Å². The minimum absolute atomic E-state index is 0.393. The topological polar surface area (TPSA) is 71.8 Å². The summed E-state index contributed by atoms with van der Waals surface area (Å²) >= 11 is 0. The molecule has 1 rings (SSSR count). The van der Waals surface area contributed by atoms with Gasteiger partial charge in [0.15, 0.2) is 0 Å². The lowest BCUT2D eigenvalue weighted by Crippen LogP contribution is -2.15. The maximum atomic E-state index is 11.2. The van der Waals surface area contributed by atoms with Crippen molar-refractivity contribution in [3.05, 3.63) is 16.4 Å². The summed E-state index contributed by atoms with van der Waals surface area (Å²) in [5.74, 6) is 0.109. The summed E-state index contributed by atoms with van der Waals surface area (Å²) in [5, 5.41) is 12.4. The predicted molar refractivity (Wildman–Crippen MR) is 54.2 cm³/mol. The summed E-state index contributed by atoms with van der Waals surface area (Å²) in [4.78, 5) is 11.2. The lowest BCUT2D eigenvalue weighted by atomic mass is 10.2. The van der Waals surface area contributed by atoms with Crippen LogP contribution in [0.4, 0.5) is 0 Å². The van der Waals surface area contributed by atoms with E-state index >= 15 is 0 Å². The molecule has 1 heterocycles. The van der Waals surface area contributed by atoms with Gasteiger partial charge in [0.2, 0.25) is 5.89 Å². The third-order valence-electron chi connectivity index (χ3n) is 2.02. The number of aromatic nitrogens is 2. The molecular weight excluding hydrogens is 194 g/mol. The summed E-state index contributed by atoms with van der Waals surface area (Å²) in [6.07, 6.45) is 3.70. The van der Waals surface area contributed by atoms with Gasteiger partial charge in [-0.3, -0.25) is 0 Å². The van der Waals surface area contributed by atoms with Crippen LogP contribution in [0.3, 0.4) is 0 Å². The molecule has 0 spiro atoms. The first kappa shape index (κ1) is 11.5. The first-order valence-corrected chi connectivity index (χ1v) is 5.21. The summed E-state index contributed by atoms with van der Waals surface area (Å²) in [6.45, 7) is 2.54. The third-order valence-corrected chi connectivity index (χ3v) is 2.02. The van der Waals surface area contributed by atoms with Crippen molar-refractivity contribution in [1.82, 2.24) is 9.78 Å². The smallest absolute Gasteiger partial charge is 0.392 e. The van der Waals surface area contributed by atoms with Crippen molar-refractivity contribution < 1.29 is 4.42 Å². The van der Waals surface area contributed by atoms with Crippen molar-refractivity contribution in [2.45, 2.75) is 45.6 Å². The van der Waals surface area contributed by atoms with Crippen LogP contribution in [0.5, 0.6) is 0 Å². The van der Waals surface area contributed by atoms with Gasteiger partial charge in [-0.05, 0) is 19.3 Å². The highest BCUT2D eigenvalue weighted by Gasteiger charge is 2.05. The van der Waals surface area contributed by atoms with Crippen LogP contribution in [0.15, 0.2) is 9.21 Å². The molecule has 0 aliphatic heterocycles. The fourth-order valence-electron chi connectivity index (χ4n) is 1.27. The Bertz CT molecular complexity index is 386. The largest absolute Gasteiger partial charge is 0.437 e. The molecule has 0 atom stereocenters. The van der Waals surface area contributed by atoms with Gasteiger partial charge in [-0.2, -0.15) is 9.94 Å². The zero-order valence-corrected chi connectivity index (χ0v) is 8.90. The highest BCUT2D eigenvalue weighted by atomic mass is 16.4. The van der Waals surface area contributed by atoms with Crippen LogP contribution in [-0.2, 0) is 13.0 Å². The van der Waals surface area contributed by atoms with E-state index in [1.54, 1.807) is 0 Å². The zero-order valence-electron chi connectivity index (χ0n) is 8.90. The quantitative estimate of drug-likeness (QED) is 0.665. The second-order valence-electron chi connectivity index (χ2n) is 3.35. The first-order chi connectivity index (χ1) is 7.27. The van der Waals surface area contributed by atoms with Gasteiger partial charge in [-0.15, -0.1) is 5.10 Å². The molecule has 0 amide bonds. The molecule has 0 bridgehead atoms. The minimum Gasteiger partial charge on any atom is -0.392 e. The predicted octanol–water partition coefficient (Wildman–Crippen LogP) is 1.48. The van der Waals surface area contributed by atoms with Gasteiger partial charge >= 0.3 is 5.76 Å². The van der Waals surface area contributed by atoms with Gasteiger partial charge < -0.3 is 4.42 Å². The van der Waals surface area contributed by atoms with Crippen LogP contribution in [0.25, 0.3) is 0 Å². The van der Waals surface area contributed by atoms with E-state index in [4.69, 9.17) is 9.68 Å². The Balaban J connectivity index is 2.47. The van der Waals surface area contributed by atoms with Crippen molar-refractivity contribution in [2.75, 3.05) is 0 Å². The minimum atomic E-state index is -0.393. The van der Waals surface area contributed by atoms with Crippen LogP contribution in [0.2, 0.25) is 0 Å². The standard InChI is InChI=1S/C10H15N3O2/c1-2-6-9-12-13(10(14)15-9)8-5-3-4-7-11/h2-6,8H2,1H3. The van der Waals surface area contributed by atoms with Crippen LogP contribution in [0, 0.1) is 11.3 Å². The van der Waals surface area contributed by atoms with E-state index in [1.165, 1.54) is 4.68 Å². The summed E-state index contributed by atoms with van der Waals surface area (Å²) in [6, 6.07) is 2.06. The van der Waals surface area contributed by atoms with Crippen molar-refractivity contribution in [3.63, 3.8) is 0 Å². The molecule has 0 radical (unpaired) electrons. The fraction of sp³-hybridized carbons (Fsp3) is 0.700. The number of nitrogens with zero attached hydrogens (tertiary/aromatic N) is 3. The van der Waals surface area contributed by atoms with Gasteiger partial charge in [0.05, 0.1) is 6.07 Å². The molecule has 82 valence electrons.